The molecule has 0 saturated carbocycles. The van der Waals surface area contributed by atoms with Crippen LogP contribution in [0.15, 0.2) is 17.0 Å². The number of sulfonamides is 1. The number of nitrogens with one attached hydrogen (secondary N) is 1. The van der Waals surface area contributed by atoms with Crippen LogP contribution in [0, 0.1) is 12.7 Å². The van der Waals surface area contributed by atoms with Crippen molar-refractivity contribution in [3.05, 3.63) is 23.5 Å². The summed E-state index contributed by atoms with van der Waals surface area (Å²) in [5.74, 6) is -0.610. The van der Waals surface area contributed by atoms with E-state index in [-0.39, 0.29) is 10.5 Å². The largest absolute Gasteiger partial charge is 0.494 e. The average Bonchev–Trinajstić information content (AvgIpc) is 2.61. The maximum absolute atomic E-state index is 14.1. The van der Waals surface area contributed by atoms with Crippen LogP contribution in [-0.2, 0) is 19.3 Å². The first kappa shape index (κ1) is 17.4. The molecule has 2 rings (SSSR count). The molecule has 8 heteroatoms. The fourth-order valence-corrected chi connectivity index (χ4v) is 3.19. The Kier molecular flexibility index (Phi) is 4.19. The predicted molar refractivity (Wildman–Crippen MR) is 83.1 cm³/mol. The van der Waals surface area contributed by atoms with E-state index < -0.39 is 34.2 Å². The van der Waals surface area contributed by atoms with Gasteiger partial charge in [0, 0.05) is 5.56 Å². The summed E-state index contributed by atoms with van der Waals surface area (Å²) in [6.07, 6.45) is 0. The third-order valence-electron chi connectivity index (χ3n) is 4.40. The minimum atomic E-state index is -3.76. The molecule has 1 aliphatic rings. The van der Waals surface area contributed by atoms with E-state index in [2.05, 4.69) is 4.72 Å². The van der Waals surface area contributed by atoms with Crippen molar-refractivity contribution in [2.45, 2.75) is 50.7 Å². The topological polar surface area (TPSA) is 64.6 Å². The first-order valence-corrected chi connectivity index (χ1v) is 8.49. The van der Waals surface area contributed by atoms with Crippen molar-refractivity contribution in [3.8, 4) is 0 Å². The number of benzene rings is 1. The van der Waals surface area contributed by atoms with Crippen molar-refractivity contribution >= 4 is 22.6 Å². The van der Waals surface area contributed by atoms with Gasteiger partial charge in [-0.05, 0) is 59.3 Å². The maximum Gasteiger partial charge on any atom is 0.494 e. The predicted octanol–water partition coefficient (Wildman–Crippen LogP) is 1.34. The third-order valence-corrected chi connectivity index (χ3v) is 5.94. The number of rotatable bonds is 3. The molecule has 1 fully saturated rings. The van der Waals surface area contributed by atoms with Crippen LogP contribution < -0.4 is 10.2 Å². The van der Waals surface area contributed by atoms with Crippen LogP contribution in [0.1, 0.15) is 33.3 Å². The highest BCUT2D eigenvalue weighted by molar-refractivity contribution is 7.89. The van der Waals surface area contributed by atoms with Crippen molar-refractivity contribution < 1.29 is 22.1 Å². The molecule has 1 saturated heterocycles. The van der Waals surface area contributed by atoms with Crippen LogP contribution in [0.4, 0.5) is 4.39 Å². The molecule has 1 N–H and O–H groups in total. The van der Waals surface area contributed by atoms with Crippen LogP contribution in [-0.4, -0.2) is 33.8 Å². The van der Waals surface area contributed by atoms with E-state index in [1.54, 1.807) is 0 Å². The Morgan fingerprint density at radius 1 is 1.14 bits per heavy atom. The van der Waals surface area contributed by atoms with Crippen molar-refractivity contribution in [2.24, 2.45) is 0 Å². The van der Waals surface area contributed by atoms with Crippen molar-refractivity contribution in [1.29, 1.82) is 0 Å². The molecule has 0 radical (unpaired) electrons. The summed E-state index contributed by atoms with van der Waals surface area (Å²) < 4.78 is 52.1. The first-order valence-electron chi connectivity index (χ1n) is 7.00. The lowest BCUT2D eigenvalue weighted by Crippen LogP contribution is -2.41. The van der Waals surface area contributed by atoms with Crippen LogP contribution >= 0.6 is 0 Å². The Morgan fingerprint density at radius 3 is 2.09 bits per heavy atom. The lowest BCUT2D eigenvalue weighted by Gasteiger charge is -2.32. The standard InChI is InChI=1S/C14H21BFNO4S/c1-9-11(16)7-10(8-12(9)22(18,19)17-6)15-20-13(2,3)14(4,5)21-15/h7-8,17H,1-6H3. The average molecular weight is 329 g/mol. The van der Waals surface area contributed by atoms with Gasteiger partial charge in [0.1, 0.15) is 5.82 Å². The Balaban J connectivity index is 2.52. The Morgan fingerprint density at radius 2 is 1.64 bits per heavy atom. The van der Waals surface area contributed by atoms with Gasteiger partial charge in [0.05, 0.1) is 16.1 Å². The molecule has 0 atom stereocenters. The molecule has 5 nitrogen and oxygen atoms in total. The van der Waals surface area contributed by atoms with Crippen LogP contribution in [0.25, 0.3) is 0 Å². The Hall–Kier alpha value is -0.955. The summed E-state index contributed by atoms with van der Waals surface area (Å²) in [6, 6.07) is 2.65. The normalized spacial score (nSPS) is 20.4. The van der Waals surface area contributed by atoms with Crippen molar-refractivity contribution in [2.75, 3.05) is 7.05 Å². The van der Waals surface area contributed by atoms with Crippen molar-refractivity contribution in [3.63, 3.8) is 0 Å². The van der Waals surface area contributed by atoms with Crippen LogP contribution in [0.3, 0.4) is 0 Å². The van der Waals surface area contributed by atoms with Gasteiger partial charge in [-0.3, -0.25) is 0 Å². The molecule has 0 amide bonds. The fourth-order valence-electron chi connectivity index (χ4n) is 2.18. The maximum atomic E-state index is 14.1. The molecule has 0 aromatic heterocycles. The van der Waals surface area contributed by atoms with Crippen molar-refractivity contribution in [1.82, 2.24) is 4.72 Å². The third kappa shape index (κ3) is 2.80. The lowest BCUT2D eigenvalue weighted by molar-refractivity contribution is 0.00578. The molecular weight excluding hydrogens is 308 g/mol. The highest BCUT2D eigenvalue weighted by atomic mass is 32.2. The quantitative estimate of drug-likeness (QED) is 0.850. The van der Waals surface area contributed by atoms with Gasteiger partial charge in [-0.2, -0.15) is 0 Å². The minimum Gasteiger partial charge on any atom is -0.399 e. The fraction of sp³-hybridized carbons (Fsp3) is 0.571. The summed E-state index contributed by atoms with van der Waals surface area (Å²) in [7, 11) is -3.29. The summed E-state index contributed by atoms with van der Waals surface area (Å²) in [6.45, 7) is 8.94. The zero-order valence-electron chi connectivity index (χ0n) is 13.7. The first-order chi connectivity index (χ1) is 9.91. The summed E-state index contributed by atoms with van der Waals surface area (Å²) in [5.41, 5.74) is -0.757. The molecule has 0 aliphatic carbocycles. The Labute approximate surface area is 131 Å². The second-order valence-electron chi connectivity index (χ2n) is 6.42. The second-order valence-corrected chi connectivity index (χ2v) is 8.28. The minimum absolute atomic E-state index is 0.0645. The lowest BCUT2D eigenvalue weighted by atomic mass is 9.78. The molecular formula is C14H21BFNO4S. The zero-order valence-corrected chi connectivity index (χ0v) is 14.5. The van der Waals surface area contributed by atoms with Gasteiger partial charge in [0.25, 0.3) is 0 Å². The van der Waals surface area contributed by atoms with Crippen LogP contribution in [0.5, 0.6) is 0 Å². The van der Waals surface area contributed by atoms with Gasteiger partial charge in [-0.1, -0.05) is 0 Å². The van der Waals surface area contributed by atoms with Gasteiger partial charge in [-0.25, -0.2) is 17.5 Å². The summed E-state index contributed by atoms with van der Waals surface area (Å²) in [5, 5.41) is 0. The van der Waals surface area contributed by atoms with Gasteiger partial charge in [-0.15, -0.1) is 0 Å². The zero-order chi connectivity index (χ0) is 16.9. The molecule has 1 aliphatic heterocycles. The van der Waals surface area contributed by atoms with E-state index in [1.165, 1.54) is 26.1 Å². The molecule has 22 heavy (non-hydrogen) atoms. The van der Waals surface area contributed by atoms with E-state index in [0.29, 0.717) is 5.46 Å². The Bertz CT molecular complexity index is 687. The van der Waals surface area contributed by atoms with E-state index in [0.717, 1.165) is 0 Å². The van der Waals surface area contributed by atoms with E-state index in [4.69, 9.17) is 9.31 Å². The van der Waals surface area contributed by atoms with Gasteiger partial charge >= 0.3 is 7.12 Å². The molecule has 0 unspecified atom stereocenters. The molecule has 0 bridgehead atoms. The molecule has 1 heterocycles. The van der Waals surface area contributed by atoms with Gasteiger partial charge < -0.3 is 9.31 Å². The van der Waals surface area contributed by atoms with Gasteiger partial charge in [0.2, 0.25) is 10.0 Å². The monoisotopic (exact) mass is 329 g/mol. The summed E-state index contributed by atoms with van der Waals surface area (Å²) >= 11 is 0. The molecule has 1 aromatic carbocycles. The number of hydrogen-bond donors (Lipinski definition) is 1. The number of halogens is 1. The van der Waals surface area contributed by atoms with Gasteiger partial charge in [0.15, 0.2) is 0 Å². The van der Waals surface area contributed by atoms with Crippen LogP contribution in [0.2, 0.25) is 0 Å². The second kappa shape index (κ2) is 5.30. The van der Waals surface area contributed by atoms with E-state index >= 15 is 0 Å². The number of hydrogen-bond acceptors (Lipinski definition) is 4. The summed E-state index contributed by atoms with van der Waals surface area (Å²) in [4.78, 5) is -0.111. The highest BCUT2D eigenvalue weighted by Crippen LogP contribution is 2.36. The van der Waals surface area contributed by atoms with E-state index in [9.17, 15) is 12.8 Å². The molecule has 0 spiro atoms. The highest BCUT2D eigenvalue weighted by Gasteiger charge is 2.52. The smallest absolute Gasteiger partial charge is 0.399 e. The molecule has 1 aromatic rings. The SMILES string of the molecule is CNS(=O)(=O)c1cc(B2OC(C)(C)C(C)(C)O2)cc(F)c1C. The molecule has 122 valence electrons. The van der Waals surface area contributed by atoms with E-state index in [1.807, 2.05) is 27.7 Å².